The predicted molar refractivity (Wildman–Crippen MR) is 74.5 cm³/mol. The first-order valence-electron chi connectivity index (χ1n) is 7.32. The van der Waals surface area contributed by atoms with Crippen molar-refractivity contribution in [3.8, 4) is 0 Å². The van der Waals surface area contributed by atoms with Gasteiger partial charge >= 0.3 is 0 Å². The predicted octanol–water partition coefficient (Wildman–Crippen LogP) is 1.94. The van der Waals surface area contributed by atoms with Crippen LogP contribution in [0.3, 0.4) is 0 Å². The van der Waals surface area contributed by atoms with Gasteiger partial charge in [0.15, 0.2) is 0 Å². The molecule has 1 heterocycles. The minimum atomic E-state index is -0.345. The second-order valence-corrected chi connectivity index (χ2v) is 6.98. The Morgan fingerprint density at radius 2 is 1.58 bits per heavy atom. The third-order valence-electron chi connectivity index (χ3n) is 5.53. The monoisotopic (exact) mass is 266 g/mol. The van der Waals surface area contributed by atoms with Gasteiger partial charge in [-0.15, -0.1) is 0 Å². The van der Waals surface area contributed by atoms with Gasteiger partial charge in [-0.25, -0.2) is 0 Å². The fourth-order valence-corrected chi connectivity index (χ4v) is 3.61. The molecule has 108 valence electrons. The molecular weight excluding hydrogens is 240 g/mol. The molecule has 2 aliphatic rings. The van der Waals surface area contributed by atoms with Crippen molar-refractivity contribution in [3.63, 3.8) is 0 Å². The number of rotatable bonds is 3. The van der Waals surface area contributed by atoms with E-state index < -0.39 is 0 Å². The second-order valence-electron chi connectivity index (χ2n) is 6.98. The summed E-state index contributed by atoms with van der Waals surface area (Å²) >= 11 is 0. The van der Waals surface area contributed by atoms with Gasteiger partial charge in [0.25, 0.3) is 0 Å². The van der Waals surface area contributed by atoms with Gasteiger partial charge in [-0.3, -0.25) is 9.59 Å². The molecule has 1 saturated heterocycles. The summed E-state index contributed by atoms with van der Waals surface area (Å²) in [6.07, 6.45) is 1.34. The molecule has 4 nitrogen and oxygen atoms in total. The highest BCUT2D eigenvalue weighted by Gasteiger charge is 2.70. The van der Waals surface area contributed by atoms with Crippen molar-refractivity contribution in [1.29, 1.82) is 0 Å². The summed E-state index contributed by atoms with van der Waals surface area (Å²) in [6, 6.07) is -0.485. The zero-order valence-corrected chi connectivity index (χ0v) is 12.9. The van der Waals surface area contributed by atoms with Crippen molar-refractivity contribution in [1.82, 2.24) is 10.2 Å². The van der Waals surface area contributed by atoms with Crippen LogP contribution in [0.25, 0.3) is 0 Å². The molecular formula is C15H26N2O2. The maximum absolute atomic E-state index is 12.6. The van der Waals surface area contributed by atoms with Crippen LogP contribution in [0.4, 0.5) is 0 Å². The maximum Gasteiger partial charge on any atom is 0.246 e. The first kappa shape index (κ1) is 14.4. The average molecular weight is 266 g/mol. The van der Waals surface area contributed by atoms with Crippen LogP contribution in [-0.4, -0.2) is 34.8 Å². The van der Waals surface area contributed by atoms with Crippen LogP contribution in [0.2, 0.25) is 0 Å². The minimum Gasteiger partial charge on any atom is -0.343 e. The Labute approximate surface area is 115 Å². The molecule has 2 amide bonds. The van der Waals surface area contributed by atoms with Crippen molar-refractivity contribution < 1.29 is 9.59 Å². The quantitative estimate of drug-likeness (QED) is 0.848. The van der Waals surface area contributed by atoms with Crippen molar-refractivity contribution >= 4 is 11.8 Å². The van der Waals surface area contributed by atoms with Gasteiger partial charge in [-0.2, -0.15) is 0 Å². The molecule has 19 heavy (non-hydrogen) atoms. The van der Waals surface area contributed by atoms with E-state index in [9.17, 15) is 9.59 Å². The first-order valence-corrected chi connectivity index (χ1v) is 7.32. The second kappa shape index (κ2) is 4.22. The Morgan fingerprint density at radius 1 is 1.05 bits per heavy atom. The average Bonchev–Trinajstić information content (AvgIpc) is 2.72. The van der Waals surface area contributed by atoms with E-state index in [1.807, 2.05) is 18.7 Å². The number of piperazine rings is 1. The lowest BCUT2D eigenvalue weighted by Crippen LogP contribution is -2.64. The van der Waals surface area contributed by atoms with E-state index in [0.29, 0.717) is 12.8 Å². The van der Waals surface area contributed by atoms with Gasteiger partial charge in [0, 0.05) is 6.04 Å². The lowest BCUT2D eigenvalue weighted by Gasteiger charge is -2.40. The maximum atomic E-state index is 12.6. The summed E-state index contributed by atoms with van der Waals surface area (Å²) in [5.41, 5.74) is 0.151. The van der Waals surface area contributed by atoms with Gasteiger partial charge in [-0.05, 0) is 23.7 Å². The summed E-state index contributed by atoms with van der Waals surface area (Å²) < 4.78 is 0. The van der Waals surface area contributed by atoms with Crippen molar-refractivity contribution in [3.05, 3.63) is 0 Å². The molecule has 2 atom stereocenters. The number of hydrogen-bond donors (Lipinski definition) is 1. The zero-order valence-electron chi connectivity index (χ0n) is 12.9. The summed E-state index contributed by atoms with van der Waals surface area (Å²) in [7, 11) is 0. The molecule has 0 spiro atoms. The Hall–Kier alpha value is -1.06. The van der Waals surface area contributed by atoms with Gasteiger partial charge < -0.3 is 10.2 Å². The fourth-order valence-electron chi connectivity index (χ4n) is 3.61. The number of nitrogens with one attached hydrogen (secondary N) is 1. The minimum absolute atomic E-state index is 0.00690. The van der Waals surface area contributed by atoms with Gasteiger partial charge in [-0.1, -0.05) is 41.5 Å². The topological polar surface area (TPSA) is 49.4 Å². The van der Waals surface area contributed by atoms with E-state index >= 15 is 0 Å². The largest absolute Gasteiger partial charge is 0.343 e. The summed E-state index contributed by atoms with van der Waals surface area (Å²) in [5, 5.41) is 2.85. The van der Waals surface area contributed by atoms with Crippen LogP contribution in [0.1, 0.15) is 54.4 Å². The van der Waals surface area contributed by atoms with Gasteiger partial charge in [0.05, 0.1) is 0 Å². The summed E-state index contributed by atoms with van der Waals surface area (Å²) in [6.45, 7) is 12.7. The lowest BCUT2D eigenvalue weighted by atomic mass is 10.0. The number of nitrogens with zero attached hydrogens (tertiary/aromatic N) is 1. The lowest BCUT2D eigenvalue weighted by molar-refractivity contribution is -0.151. The molecule has 0 aromatic rings. The van der Waals surface area contributed by atoms with Crippen LogP contribution >= 0.6 is 0 Å². The van der Waals surface area contributed by atoms with Gasteiger partial charge in [0.2, 0.25) is 11.8 Å². The number of carbonyl (C=O) groups is 2. The van der Waals surface area contributed by atoms with Crippen LogP contribution in [0.15, 0.2) is 0 Å². The summed E-state index contributed by atoms with van der Waals surface area (Å²) in [5.74, 6) is 0.102. The van der Waals surface area contributed by atoms with Crippen LogP contribution in [-0.2, 0) is 9.59 Å². The van der Waals surface area contributed by atoms with Crippen molar-refractivity contribution in [2.24, 2.45) is 10.8 Å². The van der Waals surface area contributed by atoms with E-state index in [1.54, 1.807) is 0 Å². The number of amides is 2. The smallest absolute Gasteiger partial charge is 0.246 e. The molecule has 2 unspecified atom stereocenters. The molecule has 2 rings (SSSR count). The van der Waals surface area contributed by atoms with Crippen molar-refractivity contribution in [2.75, 3.05) is 0 Å². The molecule has 2 fully saturated rings. The van der Waals surface area contributed by atoms with Crippen LogP contribution in [0, 0.1) is 10.8 Å². The van der Waals surface area contributed by atoms with Crippen LogP contribution in [0.5, 0.6) is 0 Å². The molecule has 4 heteroatoms. The highest BCUT2D eigenvalue weighted by molar-refractivity contribution is 5.97. The Bertz CT molecular complexity index is 400. The first-order chi connectivity index (χ1) is 8.70. The molecule has 0 bridgehead atoms. The third kappa shape index (κ3) is 1.79. The van der Waals surface area contributed by atoms with E-state index in [0.717, 1.165) is 0 Å². The zero-order chi connectivity index (χ0) is 14.6. The van der Waals surface area contributed by atoms with Gasteiger partial charge in [0.1, 0.15) is 12.1 Å². The Kier molecular flexibility index (Phi) is 3.19. The molecule has 1 aliphatic heterocycles. The molecule has 0 aromatic carbocycles. The van der Waals surface area contributed by atoms with Crippen molar-refractivity contribution in [2.45, 2.75) is 72.5 Å². The highest BCUT2D eigenvalue weighted by Crippen LogP contribution is 2.65. The summed E-state index contributed by atoms with van der Waals surface area (Å²) in [4.78, 5) is 26.7. The van der Waals surface area contributed by atoms with E-state index in [4.69, 9.17) is 0 Å². The third-order valence-corrected chi connectivity index (χ3v) is 5.53. The fraction of sp³-hybridized carbons (Fsp3) is 0.867. The molecule has 1 saturated carbocycles. The molecule has 1 N–H and O–H groups in total. The number of hydrogen-bond acceptors (Lipinski definition) is 2. The molecule has 0 aromatic heterocycles. The standard InChI is InChI=1S/C15H26N2O2/c1-7-9-12(19)17(10(8-2)11(18)16-9)13-14(3,4)15(13,5)6/h9-10,13H,7-8H2,1-6H3,(H,16,18). The van der Waals surface area contributed by atoms with E-state index in [-0.39, 0.29) is 40.8 Å². The Morgan fingerprint density at radius 3 is 1.95 bits per heavy atom. The SMILES string of the molecule is CCC1NC(=O)C(CC)N(C2C(C)(C)C2(C)C)C1=O. The Balaban J connectivity index is 2.35. The number of carbonyl (C=O) groups excluding carboxylic acids is 2. The molecule has 0 radical (unpaired) electrons. The van der Waals surface area contributed by atoms with E-state index in [2.05, 4.69) is 33.0 Å². The highest BCUT2D eigenvalue weighted by atomic mass is 16.2. The van der Waals surface area contributed by atoms with E-state index in [1.165, 1.54) is 0 Å². The molecule has 1 aliphatic carbocycles. The van der Waals surface area contributed by atoms with Crippen LogP contribution < -0.4 is 5.32 Å². The normalized spacial score (nSPS) is 33.3.